The summed E-state index contributed by atoms with van der Waals surface area (Å²) < 4.78 is 37.3. The first-order chi connectivity index (χ1) is 10.4. The summed E-state index contributed by atoms with van der Waals surface area (Å²) in [6, 6.07) is 4.46. The molecule has 0 aromatic heterocycles. The van der Waals surface area contributed by atoms with Crippen LogP contribution in [0.2, 0.25) is 0 Å². The van der Waals surface area contributed by atoms with Crippen LogP contribution in [0, 0.1) is 0 Å². The third-order valence-corrected chi connectivity index (χ3v) is 4.73. The minimum absolute atomic E-state index is 0.0656. The highest BCUT2D eigenvalue weighted by molar-refractivity contribution is 7.89. The number of ether oxygens (including phenoxy) is 2. The van der Waals surface area contributed by atoms with Gasteiger partial charge in [-0.25, -0.2) is 13.1 Å². The van der Waals surface area contributed by atoms with Crippen LogP contribution < -0.4 is 14.2 Å². The van der Waals surface area contributed by atoms with E-state index in [4.69, 9.17) is 9.47 Å². The van der Waals surface area contributed by atoms with Gasteiger partial charge in [-0.2, -0.15) is 0 Å². The Bertz CT molecular complexity index is 645. The number of nitrogens with zero attached hydrogens (tertiary/aromatic N) is 1. The maximum Gasteiger partial charge on any atom is 0.240 e. The Hall–Kier alpha value is -1.80. The Morgan fingerprint density at radius 3 is 2.68 bits per heavy atom. The first-order valence-electron chi connectivity index (χ1n) is 7.09. The topological polar surface area (TPSA) is 84.9 Å². The first-order valence-corrected chi connectivity index (χ1v) is 8.57. The highest BCUT2D eigenvalue weighted by Crippen LogP contribution is 2.33. The number of sulfonamides is 1. The van der Waals surface area contributed by atoms with Gasteiger partial charge in [0.05, 0.1) is 4.90 Å². The van der Waals surface area contributed by atoms with Crippen LogP contribution in [0.1, 0.15) is 20.3 Å². The molecule has 1 aromatic rings. The Balaban J connectivity index is 1.98. The van der Waals surface area contributed by atoms with Crippen molar-refractivity contribution in [3.05, 3.63) is 18.2 Å². The predicted octanol–water partition coefficient (Wildman–Crippen LogP) is 0.952. The van der Waals surface area contributed by atoms with Gasteiger partial charge in [-0.05, 0) is 18.6 Å². The van der Waals surface area contributed by atoms with Gasteiger partial charge in [-0.1, -0.05) is 6.92 Å². The third-order valence-electron chi connectivity index (χ3n) is 3.27. The van der Waals surface area contributed by atoms with E-state index in [9.17, 15) is 13.2 Å². The van der Waals surface area contributed by atoms with Gasteiger partial charge < -0.3 is 14.4 Å². The van der Waals surface area contributed by atoms with Crippen molar-refractivity contribution in [1.29, 1.82) is 0 Å². The summed E-state index contributed by atoms with van der Waals surface area (Å²) >= 11 is 0. The largest absolute Gasteiger partial charge is 0.454 e. The van der Waals surface area contributed by atoms with Crippen molar-refractivity contribution in [2.75, 3.05) is 26.4 Å². The second-order valence-electron chi connectivity index (χ2n) is 4.92. The molecule has 0 aliphatic carbocycles. The van der Waals surface area contributed by atoms with Crippen molar-refractivity contribution in [2.45, 2.75) is 25.2 Å². The zero-order valence-electron chi connectivity index (χ0n) is 12.7. The molecule has 1 aliphatic rings. The molecule has 1 aliphatic heterocycles. The maximum absolute atomic E-state index is 12.2. The molecule has 22 heavy (non-hydrogen) atoms. The summed E-state index contributed by atoms with van der Waals surface area (Å²) in [5.74, 6) is 0.882. The van der Waals surface area contributed by atoms with Gasteiger partial charge in [0.25, 0.3) is 0 Å². The van der Waals surface area contributed by atoms with Crippen molar-refractivity contribution in [2.24, 2.45) is 0 Å². The van der Waals surface area contributed by atoms with Gasteiger partial charge in [0, 0.05) is 32.6 Å². The number of carbonyl (C=O) groups is 1. The molecule has 0 fully saturated rings. The van der Waals surface area contributed by atoms with Crippen LogP contribution in [0.3, 0.4) is 0 Å². The molecule has 1 aromatic carbocycles. The Kier molecular flexibility index (Phi) is 5.25. The molecule has 0 bridgehead atoms. The van der Waals surface area contributed by atoms with Gasteiger partial charge in [0.2, 0.25) is 22.7 Å². The van der Waals surface area contributed by atoms with Crippen molar-refractivity contribution >= 4 is 15.9 Å². The van der Waals surface area contributed by atoms with Crippen LogP contribution in [-0.2, 0) is 14.8 Å². The van der Waals surface area contributed by atoms with E-state index in [2.05, 4.69) is 4.72 Å². The van der Waals surface area contributed by atoms with E-state index in [0.717, 1.165) is 6.42 Å². The molecule has 8 heteroatoms. The van der Waals surface area contributed by atoms with Crippen molar-refractivity contribution in [3.8, 4) is 11.5 Å². The van der Waals surface area contributed by atoms with Crippen molar-refractivity contribution < 1.29 is 22.7 Å². The van der Waals surface area contributed by atoms with Crippen LogP contribution in [-0.4, -0.2) is 45.7 Å². The zero-order chi connectivity index (χ0) is 16.2. The minimum Gasteiger partial charge on any atom is -0.454 e. The number of hydrogen-bond acceptors (Lipinski definition) is 5. The van der Waals surface area contributed by atoms with E-state index in [1.807, 2.05) is 6.92 Å². The summed E-state index contributed by atoms with van der Waals surface area (Å²) in [5, 5.41) is 0. The van der Waals surface area contributed by atoms with Gasteiger partial charge in [-0.15, -0.1) is 0 Å². The Labute approximate surface area is 130 Å². The molecular weight excluding hydrogens is 308 g/mol. The number of rotatable bonds is 7. The summed E-state index contributed by atoms with van der Waals surface area (Å²) in [5.41, 5.74) is 0. The second kappa shape index (κ2) is 6.97. The highest BCUT2D eigenvalue weighted by atomic mass is 32.2. The molecule has 2 rings (SSSR count). The van der Waals surface area contributed by atoms with E-state index >= 15 is 0 Å². The quantitative estimate of drug-likeness (QED) is 0.805. The van der Waals surface area contributed by atoms with Gasteiger partial charge in [0.1, 0.15) is 0 Å². The Morgan fingerprint density at radius 1 is 1.27 bits per heavy atom. The minimum atomic E-state index is -3.64. The lowest BCUT2D eigenvalue weighted by molar-refractivity contribution is -0.128. The lowest BCUT2D eigenvalue weighted by Gasteiger charge is -2.20. The number of fused-ring (bicyclic) bond motifs is 1. The Morgan fingerprint density at radius 2 is 2.00 bits per heavy atom. The average Bonchev–Trinajstić information content (AvgIpc) is 2.93. The number of nitrogens with one attached hydrogen (secondary N) is 1. The van der Waals surface area contributed by atoms with Crippen LogP contribution in [0.15, 0.2) is 23.1 Å². The van der Waals surface area contributed by atoms with E-state index in [0.29, 0.717) is 24.6 Å². The van der Waals surface area contributed by atoms with Crippen LogP contribution in [0.5, 0.6) is 11.5 Å². The fraction of sp³-hybridized carbons (Fsp3) is 0.500. The van der Waals surface area contributed by atoms with Crippen LogP contribution in [0.4, 0.5) is 0 Å². The van der Waals surface area contributed by atoms with Crippen LogP contribution >= 0.6 is 0 Å². The van der Waals surface area contributed by atoms with Gasteiger partial charge >= 0.3 is 0 Å². The van der Waals surface area contributed by atoms with Crippen molar-refractivity contribution in [1.82, 2.24) is 9.62 Å². The molecule has 0 radical (unpaired) electrons. The third kappa shape index (κ3) is 3.89. The first kappa shape index (κ1) is 16.6. The molecule has 122 valence electrons. The summed E-state index contributed by atoms with van der Waals surface area (Å²) in [7, 11) is -3.64. The summed E-state index contributed by atoms with van der Waals surface area (Å²) in [4.78, 5) is 13.1. The molecular formula is C14H20N2O5S. The fourth-order valence-electron chi connectivity index (χ4n) is 2.14. The summed E-state index contributed by atoms with van der Waals surface area (Å²) in [6.07, 6.45) is 0.828. The molecule has 0 saturated heterocycles. The molecule has 1 heterocycles. The predicted molar refractivity (Wildman–Crippen MR) is 80.3 cm³/mol. The highest BCUT2D eigenvalue weighted by Gasteiger charge is 2.20. The SMILES string of the molecule is CCCN(CCNS(=O)(=O)c1ccc2c(c1)OCO2)C(C)=O. The zero-order valence-corrected chi connectivity index (χ0v) is 13.5. The number of benzene rings is 1. The monoisotopic (exact) mass is 328 g/mol. The average molecular weight is 328 g/mol. The molecule has 7 nitrogen and oxygen atoms in total. The lowest BCUT2D eigenvalue weighted by Crippen LogP contribution is -2.37. The fourth-order valence-corrected chi connectivity index (χ4v) is 3.18. The molecule has 0 saturated carbocycles. The van der Waals surface area contributed by atoms with E-state index in [1.54, 1.807) is 11.0 Å². The molecule has 1 N–H and O–H groups in total. The molecule has 1 amide bonds. The smallest absolute Gasteiger partial charge is 0.240 e. The number of amides is 1. The van der Waals surface area contributed by atoms with E-state index in [-0.39, 0.29) is 24.1 Å². The van der Waals surface area contributed by atoms with Gasteiger partial charge in [0.15, 0.2) is 11.5 Å². The normalized spacial score (nSPS) is 13.2. The molecule has 0 atom stereocenters. The number of carbonyl (C=O) groups excluding carboxylic acids is 1. The molecule has 0 unspecified atom stereocenters. The molecule has 0 spiro atoms. The summed E-state index contributed by atoms with van der Waals surface area (Å²) in [6.45, 7) is 4.65. The lowest BCUT2D eigenvalue weighted by atomic mass is 10.3. The standard InChI is InChI=1S/C14H20N2O5S/c1-3-7-16(11(2)17)8-6-15-22(18,19)12-4-5-13-14(9-12)21-10-20-13/h4-5,9,15H,3,6-8,10H2,1-2H3. The maximum atomic E-state index is 12.2. The van der Waals surface area contributed by atoms with Gasteiger partial charge in [-0.3, -0.25) is 4.79 Å². The van der Waals surface area contributed by atoms with Crippen molar-refractivity contribution in [3.63, 3.8) is 0 Å². The van der Waals surface area contributed by atoms with E-state index in [1.165, 1.54) is 19.1 Å². The van der Waals surface area contributed by atoms with Crippen LogP contribution in [0.25, 0.3) is 0 Å². The van der Waals surface area contributed by atoms with E-state index < -0.39 is 10.0 Å². The number of hydrogen-bond donors (Lipinski definition) is 1. The second-order valence-corrected chi connectivity index (χ2v) is 6.69.